The second kappa shape index (κ2) is 8.92. The molecule has 1 saturated heterocycles. The summed E-state index contributed by atoms with van der Waals surface area (Å²) >= 11 is 5.93. The molecule has 6 heteroatoms. The number of oxazole rings is 1. The van der Waals surface area contributed by atoms with E-state index in [-0.39, 0.29) is 5.91 Å². The summed E-state index contributed by atoms with van der Waals surface area (Å²) in [5.41, 5.74) is 4.82. The van der Waals surface area contributed by atoms with E-state index >= 15 is 0 Å². The molecule has 0 saturated carbocycles. The normalized spacial score (nSPS) is 14.2. The monoisotopic (exact) mass is 423 g/mol. The summed E-state index contributed by atoms with van der Waals surface area (Å²) in [6.45, 7) is 7.50. The molecule has 0 radical (unpaired) electrons. The van der Waals surface area contributed by atoms with Gasteiger partial charge in [-0.05, 0) is 55.3 Å². The predicted molar refractivity (Wildman–Crippen MR) is 120 cm³/mol. The largest absolute Gasteiger partial charge is 0.441 e. The van der Waals surface area contributed by atoms with Gasteiger partial charge in [-0.3, -0.25) is 4.79 Å². The molecule has 3 aromatic rings. The SMILES string of the molecule is Cc1cccc(N2CCN(C(=O)CCc3ncc(-c4ccc(Cl)cc4)o3)CC2)c1C. The van der Waals surface area contributed by atoms with Crippen molar-refractivity contribution in [3.8, 4) is 11.3 Å². The lowest BCUT2D eigenvalue weighted by atomic mass is 10.1. The van der Waals surface area contributed by atoms with Crippen LogP contribution in [-0.4, -0.2) is 42.0 Å². The van der Waals surface area contributed by atoms with Crippen LogP contribution in [0.15, 0.2) is 53.1 Å². The van der Waals surface area contributed by atoms with Crippen molar-refractivity contribution in [1.82, 2.24) is 9.88 Å². The van der Waals surface area contributed by atoms with Gasteiger partial charge in [0.25, 0.3) is 0 Å². The molecule has 1 aliphatic rings. The number of benzene rings is 2. The minimum absolute atomic E-state index is 0.154. The van der Waals surface area contributed by atoms with Gasteiger partial charge in [-0.1, -0.05) is 23.7 Å². The molecule has 0 spiro atoms. The average Bonchev–Trinajstić information content (AvgIpc) is 3.24. The molecule has 0 N–H and O–H groups in total. The molecule has 0 aliphatic carbocycles. The van der Waals surface area contributed by atoms with E-state index in [1.165, 1.54) is 16.8 Å². The lowest BCUT2D eigenvalue weighted by molar-refractivity contribution is -0.131. The fourth-order valence-electron chi connectivity index (χ4n) is 3.82. The van der Waals surface area contributed by atoms with E-state index in [4.69, 9.17) is 16.0 Å². The Hall–Kier alpha value is -2.79. The van der Waals surface area contributed by atoms with Crippen molar-refractivity contribution in [3.63, 3.8) is 0 Å². The van der Waals surface area contributed by atoms with Crippen LogP contribution in [-0.2, 0) is 11.2 Å². The Kier molecular flexibility index (Phi) is 6.09. The molecule has 1 aliphatic heterocycles. The zero-order chi connectivity index (χ0) is 21.1. The highest BCUT2D eigenvalue weighted by atomic mass is 35.5. The number of aromatic nitrogens is 1. The summed E-state index contributed by atoms with van der Waals surface area (Å²) in [7, 11) is 0. The predicted octanol–water partition coefficient (Wildman–Crippen LogP) is 4.89. The van der Waals surface area contributed by atoms with Crippen LogP contribution in [0, 0.1) is 13.8 Å². The van der Waals surface area contributed by atoms with Gasteiger partial charge in [0.1, 0.15) is 0 Å². The van der Waals surface area contributed by atoms with Crippen LogP contribution >= 0.6 is 11.6 Å². The maximum Gasteiger partial charge on any atom is 0.223 e. The fraction of sp³-hybridized carbons (Fsp3) is 0.333. The van der Waals surface area contributed by atoms with Crippen LogP contribution in [0.2, 0.25) is 5.02 Å². The smallest absolute Gasteiger partial charge is 0.223 e. The molecule has 0 unspecified atom stereocenters. The molecule has 1 aromatic heterocycles. The molecule has 0 bridgehead atoms. The zero-order valence-corrected chi connectivity index (χ0v) is 18.2. The van der Waals surface area contributed by atoms with Crippen molar-refractivity contribution in [2.75, 3.05) is 31.1 Å². The van der Waals surface area contributed by atoms with Crippen molar-refractivity contribution in [2.45, 2.75) is 26.7 Å². The van der Waals surface area contributed by atoms with Gasteiger partial charge in [-0.15, -0.1) is 0 Å². The maximum absolute atomic E-state index is 12.7. The molecule has 4 rings (SSSR count). The Balaban J connectivity index is 1.29. The van der Waals surface area contributed by atoms with Gasteiger partial charge in [0, 0.05) is 55.3 Å². The minimum Gasteiger partial charge on any atom is -0.441 e. The summed E-state index contributed by atoms with van der Waals surface area (Å²) < 4.78 is 5.81. The minimum atomic E-state index is 0.154. The Morgan fingerprint density at radius 3 is 2.53 bits per heavy atom. The van der Waals surface area contributed by atoms with E-state index in [9.17, 15) is 4.79 Å². The van der Waals surface area contributed by atoms with Gasteiger partial charge in [-0.2, -0.15) is 0 Å². The standard InChI is InChI=1S/C24H26ClN3O2/c1-17-4-3-5-21(18(17)2)27-12-14-28(15-13-27)24(29)11-10-23-26-16-22(30-23)19-6-8-20(25)9-7-19/h3-9,16H,10-15H2,1-2H3. The Labute approximate surface area is 182 Å². The molecule has 0 atom stereocenters. The molecular weight excluding hydrogens is 398 g/mol. The number of anilines is 1. The first kappa shape index (κ1) is 20.5. The second-order valence-corrected chi connectivity index (χ2v) is 8.15. The Bertz CT molecular complexity index is 1020. The van der Waals surface area contributed by atoms with Gasteiger partial charge >= 0.3 is 0 Å². The van der Waals surface area contributed by atoms with Crippen molar-refractivity contribution >= 4 is 23.2 Å². The summed E-state index contributed by atoms with van der Waals surface area (Å²) in [5, 5.41) is 0.682. The molecule has 5 nitrogen and oxygen atoms in total. The third-order valence-corrected chi connectivity index (χ3v) is 6.04. The first-order chi connectivity index (χ1) is 14.5. The number of halogens is 1. The number of nitrogens with zero attached hydrogens (tertiary/aromatic N) is 3. The van der Waals surface area contributed by atoms with Crippen molar-refractivity contribution in [1.29, 1.82) is 0 Å². The third-order valence-electron chi connectivity index (χ3n) is 5.78. The number of piperazine rings is 1. The number of carbonyl (C=O) groups excluding carboxylic acids is 1. The maximum atomic E-state index is 12.7. The highest BCUT2D eigenvalue weighted by Crippen LogP contribution is 2.25. The number of aryl methyl sites for hydroxylation is 2. The highest BCUT2D eigenvalue weighted by molar-refractivity contribution is 6.30. The molecule has 156 valence electrons. The van der Waals surface area contributed by atoms with E-state index < -0.39 is 0 Å². The van der Waals surface area contributed by atoms with Crippen LogP contribution in [0.4, 0.5) is 5.69 Å². The van der Waals surface area contributed by atoms with Gasteiger partial charge in [-0.25, -0.2) is 4.98 Å². The van der Waals surface area contributed by atoms with E-state index in [2.05, 4.69) is 41.9 Å². The van der Waals surface area contributed by atoms with Gasteiger partial charge < -0.3 is 14.2 Å². The van der Waals surface area contributed by atoms with Crippen LogP contribution in [0.1, 0.15) is 23.4 Å². The van der Waals surface area contributed by atoms with E-state index in [1.807, 2.05) is 29.2 Å². The zero-order valence-electron chi connectivity index (χ0n) is 17.4. The van der Waals surface area contributed by atoms with Crippen molar-refractivity contribution < 1.29 is 9.21 Å². The molecular formula is C24H26ClN3O2. The van der Waals surface area contributed by atoms with Crippen LogP contribution in [0.25, 0.3) is 11.3 Å². The third kappa shape index (κ3) is 4.51. The fourth-order valence-corrected chi connectivity index (χ4v) is 3.95. The molecule has 2 heterocycles. The van der Waals surface area contributed by atoms with Crippen LogP contribution in [0.5, 0.6) is 0 Å². The lowest BCUT2D eigenvalue weighted by Gasteiger charge is -2.37. The summed E-state index contributed by atoms with van der Waals surface area (Å²) in [5.74, 6) is 1.43. The number of hydrogen-bond donors (Lipinski definition) is 0. The number of rotatable bonds is 5. The van der Waals surface area contributed by atoms with Crippen molar-refractivity contribution in [2.24, 2.45) is 0 Å². The second-order valence-electron chi connectivity index (χ2n) is 7.71. The van der Waals surface area contributed by atoms with E-state index in [0.29, 0.717) is 29.5 Å². The number of amides is 1. The number of hydrogen-bond acceptors (Lipinski definition) is 4. The summed E-state index contributed by atoms with van der Waals surface area (Å²) in [6.07, 6.45) is 2.61. The average molecular weight is 424 g/mol. The number of carbonyl (C=O) groups is 1. The van der Waals surface area contributed by atoms with Crippen molar-refractivity contribution in [3.05, 3.63) is 70.7 Å². The topological polar surface area (TPSA) is 49.6 Å². The van der Waals surface area contributed by atoms with Gasteiger partial charge in [0.2, 0.25) is 5.91 Å². The Morgan fingerprint density at radius 1 is 1.07 bits per heavy atom. The van der Waals surface area contributed by atoms with Crippen LogP contribution in [0.3, 0.4) is 0 Å². The molecule has 2 aromatic carbocycles. The lowest BCUT2D eigenvalue weighted by Crippen LogP contribution is -2.49. The molecule has 1 amide bonds. The first-order valence-electron chi connectivity index (χ1n) is 10.3. The summed E-state index contributed by atoms with van der Waals surface area (Å²) in [4.78, 5) is 21.3. The Morgan fingerprint density at radius 2 is 1.80 bits per heavy atom. The molecule has 30 heavy (non-hydrogen) atoms. The summed E-state index contributed by atoms with van der Waals surface area (Å²) in [6, 6.07) is 13.8. The first-order valence-corrected chi connectivity index (χ1v) is 10.7. The molecule has 1 fully saturated rings. The van der Waals surface area contributed by atoms with Crippen LogP contribution < -0.4 is 4.90 Å². The quantitative estimate of drug-likeness (QED) is 0.586. The van der Waals surface area contributed by atoms with E-state index in [0.717, 1.165) is 31.7 Å². The van der Waals surface area contributed by atoms with Gasteiger partial charge in [0.15, 0.2) is 11.7 Å². The van der Waals surface area contributed by atoms with Gasteiger partial charge in [0.05, 0.1) is 6.20 Å². The van der Waals surface area contributed by atoms with E-state index in [1.54, 1.807) is 6.20 Å². The highest BCUT2D eigenvalue weighted by Gasteiger charge is 2.22.